The van der Waals surface area contributed by atoms with Crippen LogP contribution in [0.5, 0.6) is 11.5 Å². The zero-order chi connectivity index (χ0) is 18.9. The number of rotatable bonds is 5. The Balaban J connectivity index is 1.46. The molecule has 1 N–H and O–H groups in total. The topological polar surface area (TPSA) is 108 Å². The minimum atomic E-state index is -3.76. The van der Waals surface area contributed by atoms with E-state index in [9.17, 15) is 26.8 Å². The number of carbonyl (C=O) groups is 2. The van der Waals surface area contributed by atoms with Gasteiger partial charge in [0.15, 0.2) is 27.9 Å². The van der Waals surface area contributed by atoms with Gasteiger partial charge in [-0.15, -0.1) is 8.78 Å². The lowest BCUT2D eigenvalue weighted by Crippen LogP contribution is -2.25. The van der Waals surface area contributed by atoms with Gasteiger partial charge in [0.1, 0.15) is 0 Å². The second-order valence-electron chi connectivity index (χ2n) is 6.01. The molecule has 1 fully saturated rings. The Hall–Kier alpha value is -2.43. The Morgan fingerprint density at radius 3 is 2.69 bits per heavy atom. The molecular weight excluding hydrogens is 376 g/mol. The van der Waals surface area contributed by atoms with Crippen molar-refractivity contribution in [2.75, 3.05) is 23.4 Å². The molecule has 26 heavy (non-hydrogen) atoms. The summed E-state index contributed by atoms with van der Waals surface area (Å²) in [5.74, 6) is -2.05. The number of hydrogen-bond acceptors (Lipinski definition) is 7. The maximum Gasteiger partial charge on any atom is 0.586 e. The Labute approximate surface area is 147 Å². The molecule has 1 amide bonds. The van der Waals surface area contributed by atoms with Crippen LogP contribution in [-0.4, -0.2) is 44.7 Å². The molecule has 2 aliphatic heterocycles. The van der Waals surface area contributed by atoms with Crippen LogP contribution in [0.1, 0.15) is 12.8 Å². The number of anilines is 1. The van der Waals surface area contributed by atoms with Crippen LogP contribution in [0.3, 0.4) is 0 Å². The first kappa shape index (κ1) is 18.4. The summed E-state index contributed by atoms with van der Waals surface area (Å²) in [4.78, 5) is 23.5. The van der Waals surface area contributed by atoms with Crippen molar-refractivity contribution in [3.05, 3.63) is 18.2 Å². The summed E-state index contributed by atoms with van der Waals surface area (Å²) in [7, 11) is -3.09. The summed E-state index contributed by atoms with van der Waals surface area (Å²) in [6.45, 7) is -0.580. The molecule has 1 aromatic rings. The number of fused-ring (bicyclic) bond motifs is 1. The number of benzene rings is 1. The maximum absolute atomic E-state index is 12.9. The van der Waals surface area contributed by atoms with Crippen molar-refractivity contribution in [1.82, 2.24) is 0 Å². The summed E-state index contributed by atoms with van der Waals surface area (Å²) in [6, 6.07) is 3.68. The van der Waals surface area contributed by atoms with E-state index in [4.69, 9.17) is 4.74 Å². The third-order valence-corrected chi connectivity index (χ3v) is 5.67. The van der Waals surface area contributed by atoms with Gasteiger partial charge in [-0.25, -0.2) is 8.42 Å². The van der Waals surface area contributed by atoms with E-state index < -0.39 is 34.6 Å². The van der Waals surface area contributed by atoms with Crippen LogP contribution in [0.15, 0.2) is 18.2 Å². The number of ether oxygens (including phenoxy) is 3. The molecule has 0 aliphatic carbocycles. The molecule has 0 saturated carbocycles. The van der Waals surface area contributed by atoms with Crippen molar-refractivity contribution >= 4 is 27.4 Å². The van der Waals surface area contributed by atoms with Crippen LogP contribution in [0.4, 0.5) is 14.5 Å². The normalized spacial score (nSPS) is 22.0. The minimum Gasteiger partial charge on any atom is -0.456 e. The zero-order valence-electron chi connectivity index (χ0n) is 13.4. The summed E-state index contributed by atoms with van der Waals surface area (Å²) >= 11 is 0. The number of carbonyl (C=O) groups excluding carboxylic acids is 2. The van der Waals surface area contributed by atoms with Gasteiger partial charge in [0.25, 0.3) is 5.91 Å². The monoisotopic (exact) mass is 391 g/mol. The van der Waals surface area contributed by atoms with Crippen molar-refractivity contribution in [1.29, 1.82) is 0 Å². The van der Waals surface area contributed by atoms with Gasteiger partial charge < -0.3 is 19.5 Å². The summed E-state index contributed by atoms with van der Waals surface area (Å²) in [5, 5.41) is 2.37. The van der Waals surface area contributed by atoms with Crippen LogP contribution in [0.25, 0.3) is 0 Å². The molecule has 2 heterocycles. The predicted octanol–water partition coefficient (Wildman–Crippen LogP) is 1.31. The fourth-order valence-electron chi connectivity index (χ4n) is 2.70. The average Bonchev–Trinajstić information content (AvgIpc) is 3.01. The number of hydrogen-bond donors (Lipinski definition) is 1. The minimum absolute atomic E-state index is 0.0502. The molecule has 8 nitrogen and oxygen atoms in total. The number of alkyl halides is 2. The summed E-state index contributed by atoms with van der Waals surface area (Å²) < 4.78 is 61.8. The Morgan fingerprint density at radius 1 is 1.27 bits per heavy atom. The summed E-state index contributed by atoms with van der Waals surface area (Å²) in [5.41, 5.74) is 0.160. The third kappa shape index (κ3) is 4.59. The second kappa shape index (κ2) is 6.71. The number of sulfone groups is 1. The highest BCUT2D eigenvalue weighted by molar-refractivity contribution is 7.91. The van der Waals surface area contributed by atoms with Gasteiger partial charge in [-0.05, 0) is 24.5 Å². The Morgan fingerprint density at radius 2 is 2.00 bits per heavy atom. The summed E-state index contributed by atoms with van der Waals surface area (Å²) in [6.07, 6.45) is -3.44. The Bertz CT molecular complexity index is 840. The fraction of sp³-hybridized carbons (Fsp3) is 0.467. The zero-order valence-corrected chi connectivity index (χ0v) is 14.2. The number of esters is 1. The second-order valence-corrected chi connectivity index (χ2v) is 8.24. The molecule has 0 unspecified atom stereocenters. The fourth-order valence-corrected chi connectivity index (χ4v) is 4.56. The largest absolute Gasteiger partial charge is 0.586 e. The standard InChI is InChI=1S/C15H15F2NO7S/c16-15(17)24-11-2-1-10(6-12(11)25-15)18-13(19)7-23-14(20)5-9-3-4-26(21,22)8-9/h1-2,6,9H,3-5,7-8H2,(H,18,19)/t9-/m0/s1. The van der Waals surface area contributed by atoms with Crippen LogP contribution in [0, 0.1) is 5.92 Å². The van der Waals surface area contributed by atoms with Gasteiger partial charge in [0, 0.05) is 18.2 Å². The Kier molecular flexibility index (Phi) is 4.74. The van der Waals surface area contributed by atoms with E-state index in [-0.39, 0.29) is 41.0 Å². The molecule has 0 aromatic heterocycles. The molecule has 11 heteroatoms. The molecule has 142 valence electrons. The molecule has 3 rings (SSSR count). The van der Waals surface area contributed by atoms with Gasteiger partial charge in [0.2, 0.25) is 0 Å². The van der Waals surface area contributed by atoms with E-state index in [1.807, 2.05) is 0 Å². The molecule has 2 aliphatic rings. The van der Waals surface area contributed by atoms with E-state index in [0.29, 0.717) is 6.42 Å². The molecular formula is C15H15F2NO7S. The quantitative estimate of drug-likeness (QED) is 0.754. The van der Waals surface area contributed by atoms with Gasteiger partial charge in [-0.3, -0.25) is 9.59 Å². The smallest absolute Gasteiger partial charge is 0.456 e. The first-order valence-corrected chi connectivity index (χ1v) is 9.50. The van der Waals surface area contributed by atoms with Crippen LogP contribution in [0.2, 0.25) is 0 Å². The lowest BCUT2D eigenvalue weighted by Gasteiger charge is -2.09. The van der Waals surface area contributed by atoms with Crippen molar-refractivity contribution in [2.45, 2.75) is 19.1 Å². The number of nitrogens with one attached hydrogen (secondary N) is 1. The molecule has 0 bridgehead atoms. The van der Waals surface area contributed by atoms with E-state index in [2.05, 4.69) is 14.8 Å². The lowest BCUT2D eigenvalue weighted by atomic mass is 10.1. The highest BCUT2D eigenvalue weighted by Crippen LogP contribution is 2.42. The molecule has 1 aromatic carbocycles. The van der Waals surface area contributed by atoms with E-state index >= 15 is 0 Å². The van der Waals surface area contributed by atoms with Crippen molar-refractivity contribution in [2.24, 2.45) is 5.92 Å². The first-order valence-electron chi connectivity index (χ1n) is 7.68. The van der Waals surface area contributed by atoms with Gasteiger partial charge in [-0.2, -0.15) is 0 Å². The lowest BCUT2D eigenvalue weighted by molar-refractivity contribution is -0.286. The van der Waals surface area contributed by atoms with Gasteiger partial charge in [-0.1, -0.05) is 0 Å². The third-order valence-electron chi connectivity index (χ3n) is 3.83. The van der Waals surface area contributed by atoms with E-state index in [1.165, 1.54) is 12.1 Å². The number of halogens is 2. The predicted molar refractivity (Wildman–Crippen MR) is 83.6 cm³/mol. The molecule has 1 saturated heterocycles. The van der Waals surface area contributed by atoms with Gasteiger partial charge in [0.05, 0.1) is 11.5 Å². The number of amides is 1. The highest BCUT2D eigenvalue weighted by atomic mass is 32.2. The first-order chi connectivity index (χ1) is 12.1. The van der Waals surface area contributed by atoms with Crippen molar-refractivity contribution < 1.29 is 41.0 Å². The van der Waals surface area contributed by atoms with E-state index in [0.717, 1.165) is 6.07 Å². The molecule has 1 atom stereocenters. The molecule has 0 spiro atoms. The van der Waals surface area contributed by atoms with Crippen LogP contribution < -0.4 is 14.8 Å². The van der Waals surface area contributed by atoms with Crippen molar-refractivity contribution in [3.8, 4) is 11.5 Å². The van der Waals surface area contributed by atoms with Crippen molar-refractivity contribution in [3.63, 3.8) is 0 Å². The van der Waals surface area contributed by atoms with Crippen LogP contribution in [-0.2, 0) is 24.2 Å². The van der Waals surface area contributed by atoms with Gasteiger partial charge >= 0.3 is 12.3 Å². The maximum atomic E-state index is 12.9. The average molecular weight is 391 g/mol. The highest BCUT2D eigenvalue weighted by Gasteiger charge is 2.43. The van der Waals surface area contributed by atoms with E-state index in [1.54, 1.807) is 0 Å². The molecule has 0 radical (unpaired) electrons. The van der Waals surface area contributed by atoms with Crippen LogP contribution >= 0.6 is 0 Å². The SMILES string of the molecule is O=C(COC(=O)C[C@@H]1CCS(=O)(=O)C1)Nc1ccc2c(c1)OC(F)(F)O2.